The number of carbonyl (C=O) groups excluding carboxylic acids is 4. The molecule has 103 heavy (non-hydrogen) atoms. The lowest BCUT2D eigenvalue weighted by Gasteiger charge is -2.21. The predicted octanol–water partition coefficient (Wildman–Crippen LogP) is 25.5. The van der Waals surface area contributed by atoms with E-state index in [4.69, 9.17) is 37.0 Å². The Labute approximate surface area is 632 Å². The van der Waals surface area contributed by atoms with Crippen LogP contribution in [0.25, 0.3) is 0 Å². The third-order valence-corrected chi connectivity index (χ3v) is 22.3. The molecule has 0 fully saturated rings. The molecule has 0 aliphatic rings. The number of aliphatic hydroxyl groups is 1. The van der Waals surface area contributed by atoms with Gasteiger partial charge in [-0.1, -0.05) is 395 Å². The highest BCUT2D eigenvalue weighted by molar-refractivity contribution is 7.47. The van der Waals surface area contributed by atoms with Gasteiger partial charge in [0.25, 0.3) is 0 Å². The van der Waals surface area contributed by atoms with Gasteiger partial charge in [-0.05, 0) is 37.5 Å². The molecule has 4 unspecified atom stereocenters. The fourth-order valence-electron chi connectivity index (χ4n) is 13.0. The van der Waals surface area contributed by atoms with Gasteiger partial charge in [0.1, 0.15) is 19.3 Å². The van der Waals surface area contributed by atoms with Gasteiger partial charge in [0, 0.05) is 25.7 Å². The average Bonchev–Trinajstić information content (AvgIpc) is 0.910. The van der Waals surface area contributed by atoms with Crippen molar-refractivity contribution in [2.75, 3.05) is 39.6 Å². The van der Waals surface area contributed by atoms with Crippen LogP contribution in [0.2, 0.25) is 0 Å². The molecule has 0 spiro atoms. The van der Waals surface area contributed by atoms with Crippen molar-refractivity contribution in [3.63, 3.8) is 0 Å². The Morgan fingerprint density at radius 2 is 0.466 bits per heavy atom. The first-order chi connectivity index (χ1) is 49.9. The summed E-state index contributed by atoms with van der Waals surface area (Å²) in [4.78, 5) is 73.2. The van der Waals surface area contributed by atoms with E-state index in [2.05, 4.69) is 41.5 Å². The van der Waals surface area contributed by atoms with Crippen molar-refractivity contribution in [3.05, 3.63) is 0 Å². The fraction of sp³-hybridized carbons (Fsp3) is 0.952. The smallest absolute Gasteiger partial charge is 0.462 e. The average molecular weight is 1510 g/mol. The summed E-state index contributed by atoms with van der Waals surface area (Å²) < 4.78 is 68.9. The van der Waals surface area contributed by atoms with Crippen LogP contribution in [0, 0.1) is 11.8 Å². The molecular weight excluding hydrogens is 1340 g/mol. The van der Waals surface area contributed by atoms with Gasteiger partial charge in [0.05, 0.1) is 26.4 Å². The zero-order valence-electron chi connectivity index (χ0n) is 67.6. The second-order valence-electron chi connectivity index (χ2n) is 30.7. The highest BCUT2D eigenvalue weighted by Crippen LogP contribution is 2.45. The number of hydrogen-bond donors (Lipinski definition) is 3. The Kier molecular flexibility index (Phi) is 74.1. The zero-order valence-corrected chi connectivity index (χ0v) is 69.4. The highest BCUT2D eigenvalue weighted by Gasteiger charge is 2.30. The first-order valence-electron chi connectivity index (χ1n) is 43.6. The number of rotatable bonds is 83. The Morgan fingerprint density at radius 3 is 0.689 bits per heavy atom. The first kappa shape index (κ1) is 101. The van der Waals surface area contributed by atoms with E-state index in [0.29, 0.717) is 25.7 Å². The summed E-state index contributed by atoms with van der Waals surface area (Å²) in [6, 6.07) is 0. The van der Waals surface area contributed by atoms with Crippen LogP contribution >= 0.6 is 15.6 Å². The molecule has 19 heteroatoms. The van der Waals surface area contributed by atoms with Crippen LogP contribution in [0.5, 0.6) is 0 Å². The predicted molar refractivity (Wildman–Crippen MR) is 423 cm³/mol. The van der Waals surface area contributed by atoms with Gasteiger partial charge in [-0.2, -0.15) is 0 Å². The van der Waals surface area contributed by atoms with Crippen molar-refractivity contribution in [1.82, 2.24) is 0 Å². The maximum absolute atomic E-state index is 13.1. The molecule has 0 aromatic rings. The van der Waals surface area contributed by atoms with Crippen LogP contribution < -0.4 is 0 Å². The number of carbonyl (C=O) groups is 4. The molecule has 7 atom stereocenters. The lowest BCUT2D eigenvalue weighted by molar-refractivity contribution is -0.161. The van der Waals surface area contributed by atoms with Crippen LogP contribution in [0.15, 0.2) is 0 Å². The highest BCUT2D eigenvalue weighted by atomic mass is 31.2. The summed E-state index contributed by atoms with van der Waals surface area (Å²) in [7, 11) is -9.93. The minimum atomic E-state index is -4.96. The molecule has 0 aliphatic carbocycles. The van der Waals surface area contributed by atoms with Crippen molar-refractivity contribution in [2.45, 2.75) is 464 Å². The summed E-state index contributed by atoms with van der Waals surface area (Å²) in [5.74, 6) is -0.475. The molecule has 17 nitrogen and oxygen atoms in total. The van der Waals surface area contributed by atoms with Crippen LogP contribution in [0.4, 0.5) is 0 Å². The van der Waals surface area contributed by atoms with E-state index in [1.807, 2.05) is 0 Å². The van der Waals surface area contributed by atoms with E-state index in [9.17, 15) is 43.2 Å². The van der Waals surface area contributed by atoms with Gasteiger partial charge >= 0.3 is 39.5 Å². The monoisotopic (exact) mass is 1510 g/mol. The van der Waals surface area contributed by atoms with Gasteiger partial charge in [-0.3, -0.25) is 37.3 Å². The number of aliphatic hydroxyl groups excluding tert-OH is 1. The summed E-state index contributed by atoms with van der Waals surface area (Å²) in [5.41, 5.74) is 0. The Balaban J connectivity index is 5.26. The molecule has 0 radical (unpaired) electrons. The molecule has 3 N–H and O–H groups in total. The van der Waals surface area contributed by atoms with Crippen molar-refractivity contribution in [1.29, 1.82) is 0 Å². The van der Waals surface area contributed by atoms with E-state index < -0.39 is 97.5 Å². The third kappa shape index (κ3) is 75.3. The SMILES string of the molecule is CCCCCCCCCCCCCCCCCCCCCC(=O)O[C@H](COC(=O)CCCCCCCCCCCCCCCCC(C)CC)COP(=O)(O)OC[C@@H](O)COP(=O)(O)OC[C@@H](COC(=O)CCCCCCCCCCC(C)CC)OC(=O)CCCCCCCCCCCCCCCC. The zero-order chi connectivity index (χ0) is 75.6. The number of unbranched alkanes of at least 4 members (excludes halogenated alkanes) is 51. The van der Waals surface area contributed by atoms with Gasteiger partial charge in [0.15, 0.2) is 12.2 Å². The molecule has 0 saturated heterocycles. The van der Waals surface area contributed by atoms with Crippen LogP contribution in [0.1, 0.15) is 446 Å². The number of esters is 4. The van der Waals surface area contributed by atoms with Gasteiger partial charge in [-0.15, -0.1) is 0 Å². The van der Waals surface area contributed by atoms with E-state index >= 15 is 0 Å². The molecule has 0 bridgehead atoms. The fourth-order valence-corrected chi connectivity index (χ4v) is 14.6. The van der Waals surface area contributed by atoms with Crippen LogP contribution in [-0.2, 0) is 65.4 Å². The van der Waals surface area contributed by atoms with Crippen molar-refractivity contribution in [3.8, 4) is 0 Å². The molecule has 0 amide bonds. The molecule has 0 aromatic heterocycles. The van der Waals surface area contributed by atoms with E-state index in [0.717, 1.165) is 102 Å². The lowest BCUT2D eigenvalue weighted by Crippen LogP contribution is -2.30. The van der Waals surface area contributed by atoms with E-state index in [1.165, 1.54) is 263 Å². The van der Waals surface area contributed by atoms with Crippen LogP contribution in [0.3, 0.4) is 0 Å². The molecule has 0 saturated carbocycles. The second kappa shape index (κ2) is 75.5. The standard InChI is InChI=1S/C84H164O17P2/c1-7-11-13-15-17-19-21-23-25-26-27-28-29-35-39-43-51-57-63-69-84(89)100-79(72-94-81(86)66-60-54-48-41-37-34-31-30-32-36-40-46-52-58-64-76(5)9-3)74-98-102(90,91)96-70-78(85)71-97-103(92,93)99-75-80(73-95-82(87)67-61-55-49-45-44-47-53-59-65-77(6)10-4)101-83(88)68-62-56-50-42-38-33-24-22-20-18-16-14-12-8-2/h76-80,85H,7-75H2,1-6H3,(H,90,91)(H,92,93)/t76?,77?,78-,79-,80-/m1/s1. The summed E-state index contributed by atoms with van der Waals surface area (Å²) >= 11 is 0. The largest absolute Gasteiger partial charge is 0.472 e. The van der Waals surface area contributed by atoms with Crippen molar-refractivity contribution in [2.24, 2.45) is 11.8 Å². The van der Waals surface area contributed by atoms with Crippen molar-refractivity contribution >= 4 is 39.5 Å². The minimum Gasteiger partial charge on any atom is -0.462 e. The molecule has 612 valence electrons. The summed E-state index contributed by atoms with van der Waals surface area (Å²) in [6.45, 7) is 9.72. The normalized spacial score (nSPS) is 14.4. The van der Waals surface area contributed by atoms with E-state index in [-0.39, 0.29) is 25.7 Å². The molecule has 0 heterocycles. The quantitative estimate of drug-likeness (QED) is 0.0222. The molecule has 0 rings (SSSR count). The maximum atomic E-state index is 13.1. The first-order valence-corrected chi connectivity index (χ1v) is 46.6. The molecule has 0 aliphatic heterocycles. The maximum Gasteiger partial charge on any atom is 0.472 e. The van der Waals surface area contributed by atoms with Crippen molar-refractivity contribution < 1.29 is 80.2 Å². The van der Waals surface area contributed by atoms with Crippen LogP contribution in [-0.4, -0.2) is 96.7 Å². The minimum absolute atomic E-state index is 0.108. The number of hydrogen-bond acceptors (Lipinski definition) is 15. The molecular formula is C84H164O17P2. The van der Waals surface area contributed by atoms with Gasteiger partial charge in [0.2, 0.25) is 0 Å². The summed E-state index contributed by atoms with van der Waals surface area (Å²) in [5, 5.41) is 10.7. The molecule has 0 aromatic carbocycles. The van der Waals surface area contributed by atoms with E-state index in [1.54, 1.807) is 0 Å². The second-order valence-corrected chi connectivity index (χ2v) is 33.6. The van der Waals surface area contributed by atoms with Gasteiger partial charge in [-0.25, -0.2) is 9.13 Å². The number of phosphoric ester groups is 2. The number of ether oxygens (including phenoxy) is 4. The topological polar surface area (TPSA) is 237 Å². The Hall–Kier alpha value is -1.94. The Morgan fingerprint density at radius 1 is 0.272 bits per heavy atom. The summed E-state index contributed by atoms with van der Waals surface area (Å²) in [6.07, 6.45) is 66.4. The third-order valence-electron chi connectivity index (χ3n) is 20.4. The Bertz CT molecular complexity index is 1980. The number of phosphoric acid groups is 2. The van der Waals surface area contributed by atoms with Gasteiger partial charge < -0.3 is 33.8 Å². The lowest BCUT2D eigenvalue weighted by atomic mass is 9.99.